The SMILES string of the molecule is CC(CCC(=O)NCC(=O)O)C1CCC2C3C(=O)CC4CC(=O)CCC4(C)C3CCC12C. The molecule has 0 heterocycles. The van der Waals surface area contributed by atoms with Crippen LogP contribution >= 0.6 is 0 Å². The number of aliphatic carboxylic acids is 1. The molecule has 2 N–H and O–H groups in total. The number of amides is 1. The van der Waals surface area contributed by atoms with Crippen LogP contribution < -0.4 is 5.32 Å². The van der Waals surface area contributed by atoms with Gasteiger partial charge in [0.05, 0.1) is 0 Å². The molecule has 1 amide bonds. The zero-order valence-corrected chi connectivity index (χ0v) is 19.8. The minimum absolute atomic E-state index is 0.125. The molecule has 6 heteroatoms. The van der Waals surface area contributed by atoms with Crippen molar-refractivity contribution in [3.05, 3.63) is 0 Å². The second-order valence-electron chi connectivity index (χ2n) is 11.8. The van der Waals surface area contributed by atoms with Crippen LogP contribution in [0.15, 0.2) is 0 Å². The smallest absolute Gasteiger partial charge is 0.322 e. The molecular weight excluding hydrogens is 406 g/mol. The minimum Gasteiger partial charge on any atom is -0.480 e. The van der Waals surface area contributed by atoms with Gasteiger partial charge in [-0.3, -0.25) is 19.2 Å². The number of rotatable bonds is 6. The number of carbonyl (C=O) groups excluding carboxylic acids is 3. The fraction of sp³-hybridized carbons (Fsp3) is 0.846. The van der Waals surface area contributed by atoms with Crippen LogP contribution in [-0.4, -0.2) is 35.1 Å². The third kappa shape index (κ3) is 3.92. The van der Waals surface area contributed by atoms with Crippen molar-refractivity contribution >= 4 is 23.4 Å². The Morgan fingerprint density at radius 1 is 1.06 bits per heavy atom. The van der Waals surface area contributed by atoms with Gasteiger partial charge in [-0.15, -0.1) is 0 Å². The topological polar surface area (TPSA) is 101 Å². The molecule has 4 fully saturated rings. The van der Waals surface area contributed by atoms with Crippen molar-refractivity contribution in [2.45, 2.75) is 85.0 Å². The van der Waals surface area contributed by atoms with Gasteiger partial charge in [0.15, 0.2) is 0 Å². The molecule has 0 aromatic carbocycles. The minimum atomic E-state index is -1.02. The van der Waals surface area contributed by atoms with Gasteiger partial charge in [0.1, 0.15) is 18.1 Å². The van der Waals surface area contributed by atoms with Crippen molar-refractivity contribution in [2.75, 3.05) is 6.54 Å². The van der Waals surface area contributed by atoms with E-state index < -0.39 is 5.97 Å². The molecule has 0 aromatic heterocycles. The Labute approximate surface area is 191 Å². The van der Waals surface area contributed by atoms with E-state index in [2.05, 4.69) is 26.1 Å². The molecule has 0 radical (unpaired) electrons. The Balaban J connectivity index is 1.45. The molecule has 178 valence electrons. The second-order valence-corrected chi connectivity index (χ2v) is 11.8. The zero-order chi connectivity index (χ0) is 23.3. The molecular formula is C26H39NO5. The second kappa shape index (κ2) is 8.57. The number of Topliss-reactive ketones (excluding diaryl/α,β-unsaturated/α-hetero) is 2. The first-order chi connectivity index (χ1) is 15.1. The Morgan fingerprint density at radius 3 is 2.50 bits per heavy atom. The molecule has 0 bridgehead atoms. The van der Waals surface area contributed by atoms with E-state index in [1.807, 2.05) is 0 Å². The molecule has 0 spiro atoms. The van der Waals surface area contributed by atoms with Gasteiger partial charge in [-0.2, -0.15) is 0 Å². The number of fused-ring (bicyclic) bond motifs is 5. The molecule has 4 rings (SSSR count). The lowest BCUT2D eigenvalue weighted by Gasteiger charge is -2.59. The summed E-state index contributed by atoms with van der Waals surface area (Å²) in [6.45, 7) is 6.65. The fourth-order valence-corrected chi connectivity index (χ4v) is 8.52. The highest BCUT2D eigenvalue weighted by Crippen LogP contribution is 2.67. The molecule has 8 atom stereocenters. The van der Waals surface area contributed by atoms with E-state index in [1.165, 1.54) is 0 Å². The van der Waals surface area contributed by atoms with Crippen molar-refractivity contribution in [3.8, 4) is 0 Å². The number of hydrogen-bond donors (Lipinski definition) is 2. The standard InChI is InChI=1S/C26H39NO5/c1-15(4-7-22(30)27-14-23(31)32)18-5-6-19-24-20(9-11-26(18,19)3)25(2)10-8-17(28)12-16(25)13-21(24)29/h15-16,18-20,24H,4-14H2,1-3H3,(H,27,30)(H,31,32). The van der Waals surface area contributed by atoms with Crippen LogP contribution in [0.3, 0.4) is 0 Å². The summed E-state index contributed by atoms with van der Waals surface area (Å²) in [4.78, 5) is 48.2. The third-order valence-corrected chi connectivity index (χ3v) is 10.3. The van der Waals surface area contributed by atoms with Crippen molar-refractivity contribution in [3.63, 3.8) is 0 Å². The monoisotopic (exact) mass is 445 g/mol. The van der Waals surface area contributed by atoms with E-state index in [-0.39, 0.29) is 35.1 Å². The summed E-state index contributed by atoms with van der Waals surface area (Å²) >= 11 is 0. The van der Waals surface area contributed by atoms with E-state index in [4.69, 9.17) is 5.11 Å². The Bertz CT molecular complexity index is 808. The van der Waals surface area contributed by atoms with Gasteiger partial charge in [0, 0.05) is 31.6 Å². The third-order valence-electron chi connectivity index (χ3n) is 10.3. The first kappa shape index (κ1) is 23.4. The molecule has 0 saturated heterocycles. The molecule has 32 heavy (non-hydrogen) atoms. The van der Waals surface area contributed by atoms with Gasteiger partial charge in [-0.05, 0) is 78.9 Å². The summed E-state index contributed by atoms with van der Waals surface area (Å²) in [6, 6.07) is 0. The number of nitrogens with one attached hydrogen (secondary N) is 1. The van der Waals surface area contributed by atoms with Crippen LogP contribution in [0.2, 0.25) is 0 Å². The van der Waals surface area contributed by atoms with E-state index in [0.717, 1.165) is 38.5 Å². The maximum Gasteiger partial charge on any atom is 0.322 e. The van der Waals surface area contributed by atoms with Crippen LogP contribution in [0.25, 0.3) is 0 Å². The Morgan fingerprint density at radius 2 is 1.78 bits per heavy atom. The van der Waals surface area contributed by atoms with Gasteiger partial charge in [-0.25, -0.2) is 0 Å². The molecule has 0 aliphatic heterocycles. The maximum atomic E-state index is 13.4. The average Bonchev–Trinajstić information content (AvgIpc) is 3.09. The number of carboxylic acid groups (broad SMARTS) is 1. The summed E-state index contributed by atoms with van der Waals surface area (Å²) in [5.41, 5.74) is 0.251. The van der Waals surface area contributed by atoms with Gasteiger partial charge in [0.25, 0.3) is 0 Å². The molecule has 4 aliphatic carbocycles. The van der Waals surface area contributed by atoms with E-state index in [1.54, 1.807) is 0 Å². The lowest BCUT2D eigenvalue weighted by Crippen LogP contribution is -2.57. The molecule has 4 saturated carbocycles. The maximum absolute atomic E-state index is 13.4. The normalized spacial score (nSPS) is 41.9. The quantitative estimate of drug-likeness (QED) is 0.643. The Hall–Kier alpha value is -1.72. The molecule has 8 unspecified atom stereocenters. The number of carbonyl (C=O) groups is 4. The van der Waals surface area contributed by atoms with E-state index in [9.17, 15) is 19.2 Å². The summed E-state index contributed by atoms with van der Waals surface area (Å²) in [5.74, 6) is 1.58. The molecule has 0 aromatic rings. The van der Waals surface area contributed by atoms with Gasteiger partial charge >= 0.3 is 5.97 Å². The molecule has 4 aliphatic rings. The number of ketones is 2. The highest BCUT2D eigenvalue weighted by Gasteiger charge is 2.63. The van der Waals surface area contributed by atoms with Crippen molar-refractivity contribution in [2.24, 2.45) is 46.3 Å². The van der Waals surface area contributed by atoms with Crippen LogP contribution in [0, 0.1) is 46.3 Å². The first-order valence-electron chi connectivity index (χ1n) is 12.6. The van der Waals surface area contributed by atoms with Crippen molar-refractivity contribution in [1.29, 1.82) is 0 Å². The van der Waals surface area contributed by atoms with Gasteiger partial charge in [0.2, 0.25) is 5.91 Å². The number of hydrogen-bond acceptors (Lipinski definition) is 4. The van der Waals surface area contributed by atoms with E-state index >= 15 is 0 Å². The van der Waals surface area contributed by atoms with Crippen LogP contribution in [-0.2, 0) is 19.2 Å². The predicted octanol–water partition coefficient (Wildman–Crippen LogP) is 4.01. The highest BCUT2D eigenvalue weighted by atomic mass is 16.4. The average molecular weight is 446 g/mol. The fourth-order valence-electron chi connectivity index (χ4n) is 8.52. The summed E-state index contributed by atoms with van der Waals surface area (Å²) in [7, 11) is 0. The lowest BCUT2D eigenvalue weighted by atomic mass is 9.44. The van der Waals surface area contributed by atoms with Crippen LogP contribution in [0.5, 0.6) is 0 Å². The summed E-state index contributed by atoms with van der Waals surface area (Å²) < 4.78 is 0. The van der Waals surface area contributed by atoms with Crippen molar-refractivity contribution < 1.29 is 24.3 Å². The lowest BCUT2D eigenvalue weighted by molar-refractivity contribution is -0.159. The zero-order valence-electron chi connectivity index (χ0n) is 19.8. The van der Waals surface area contributed by atoms with Crippen molar-refractivity contribution in [1.82, 2.24) is 5.32 Å². The number of carboxylic acids is 1. The summed E-state index contributed by atoms with van der Waals surface area (Å²) in [5, 5.41) is 11.2. The predicted molar refractivity (Wildman–Crippen MR) is 120 cm³/mol. The first-order valence-corrected chi connectivity index (χ1v) is 12.6. The van der Waals surface area contributed by atoms with E-state index in [0.29, 0.717) is 60.9 Å². The van der Waals surface area contributed by atoms with Gasteiger partial charge in [-0.1, -0.05) is 20.8 Å². The highest BCUT2D eigenvalue weighted by molar-refractivity contribution is 5.86. The van der Waals surface area contributed by atoms with Crippen LogP contribution in [0.1, 0.15) is 85.0 Å². The molecule has 6 nitrogen and oxygen atoms in total. The van der Waals surface area contributed by atoms with Gasteiger partial charge < -0.3 is 10.4 Å². The Kier molecular flexibility index (Phi) is 6.28. The summed E-state index contributed by atoms with van der Waals surface area (Å²) in [6.07, 6.45) is 8.30. The largest absolute Gasteiger partial charge is 0.480 e. The van der Waals surface area contributed by atoms with Crippen LogP contribution in [0.4, 0.5) is 0 Å².